The highest BCUT2D eigenvalue weighted by molar-refractivity contribution is 7.80. The lowest BCUT2D eigenvalue weighted by Gasteiger charge is -2.21. The summed E-state index contributed by atoms with van der Waals surface area (Å²) in [6.07, 6.45) is 3.69. The van der Waals surface area contributed by atoms with Gasteiger partial charge in [0, 0.05) is 18.7 Å². The second-order valence-corrected chi connectivity index (χ2v) is 7.35. The number of carbonyl (C=O) groups excluding carboxylic acids is 4. The molecule has 0 aliphatic rings. The average Bonchev–Trinajstić information content (AvgIpc) is 2.70. The number of nitrogens with one attached hydrogen (secondary N) is 3. The summed E-state index contributed by atoms with van der Waals surface area (Å²) >= 11 is 3.94. The normalized spacial score (nSPS) is 13.7. The zero-order valence-corrected chi connectivity index (χ0v) is 18.3. The molecule has 11 N–H and O–H groups in total. The van der Waals surface area contributed by atoms with Crippen molar-refractivity contribution in [3.8, 4) is 0 Å². The van der Waals surface area contributed by atoms with Gasteiger partial charge in [0.25, 0.3) is 0 Å². The molecule has 0 saturated carbocycles. The fourth-order valence-corrected chi connectivity index (χ4v) is 2.85. The number of primary amides is 1. The number of thiol groups is 1. The monoisotopic (exact) mass is 447 g/mol. The molecule has 0 aromatic heterocycles. The minimum Gasteiger partial charge on any atom is -0.368 e. The van der Waals surface area contributed by atoms with E-state index < -0.39 is 41.8 Å². The first-order valence-corrected chi connectivity index (χ1v) is 10.8. The van der Waals surface area contributed by atoms with Crippen LogP contribution in [0, 0.1) is 0 Å². The van der Waals surface area contributed by atoms with Crippen LogP contribution >= 0.6 is 12.6 Å². The van der Waals surface area contributed by atoms with Gasteiger partial charge in [-0.1, -0.05) is 6.42 Å². The molecule has 30 heavy (non-hydrogen) atoms. The van der Waals surface area contributed by atoms with E-state index in [-0.39, 0.29) is 18.7 Å². The van der Waals surface area contributed by atoms with E-state index in [0.717, 1.165) is 12.8 Å². The molecule has 3 atom stereocenters. The maximum absolute atomic E-state index is 12.5. The lowest BCUT2D eigenvalue weighted by Crippen LogP contribution is -2.52. The smallest absolute Gasteiger partial charge is 0.242 e. The molecule has 0 unspecified atom stereocenters. The highest BCUT2D eigenvalue weighted by atomic mass is 32.1. The number of unbranched alkanes of at least 4 members (excludes halogenated alkanes) is 2. The van der Waals surface area contributed by atoms with Gasteiger partial charge >= 0.3 is 0 Å². The molecule has 4 amide bonds. The molecule has 0 aliphatic carbocycles. The molecule has 0 heterocycles. The topological polar surface area (TPSA) is 208 Å². The molecule has 174 valence electrons. The van der Waals surface area contributed by atoms with Gasteiger partial charge in [-0.05, 0) is 45.2 Å². The Bertz CT molecular complexity index is 551. The summed E-state index contributed by atoms with van der Waals surface area (Å²) in [6, 6.07) is -2.37. The van der Waals surface area contributed by atoms with Gasteiger partial charge in [-0.2, -0.15) is 12.6 Å². The number of amides is 4. The molecule has 0 fully saturated rings. The van der Waals surface area contributed by atoms with Crippen molar-refractivity contribution in [1.29, 1.82) is 0 Å². The van der Waals surface area contributed by atoms with Crippen molar-refractivity contribution in [3.05, 3.63) is 0 Å². The van der Waals surface area contributed by atoms with Crippen molar-refractivity contribution in [2.75, 3.05) is 25.4 Å². The van der Waals surface area contributed by atoms with Gasteiger partial charge in [-0.25, -0.2) is 0 Å². The standard InChI is InChI=1S/C18H37N7O4S/c19-8-3-1-5-12(21)17(28)25-13(6-2-4-9-20)18(29)23-10-7-15(26)24-14(11-30)16(22)27/h12-14,30H,1-11,19-21H2,(H2,22,27)(H,23,29)(H,24,26)(H,25,28)/t12-,13-,14-/m0/s1. The Labute approximate surface area is 183 Å². The molecule has 0 aromatic carbocycles. The van der Waals surface area contributed by atoms with Crippen molar-refractivity contribution in [2.45, 2.75) is 63.1 Å². The number of carbonyl (C=O) groups is 4. The highest BCUT2D eigenvalue weighted by Crippen LogP contribution is 2.04. The third-order valence-electron chi connectivity index (χ3n) is 4.40. The molecule has 0 radical (unpaired) electrons. The van der Waals surface area contributed by atoms with Crippen molar-refractivity contribution in [1.82, 2.24) is 16.0 Å². The van der Waals surface area contributed by atoms with E-state index in [1.165, 1.54) is 0 Å². The Morgan fingerprint density at radius 1 is 0.833 bits per heavy atom. The Morgan fingerprint density at radius 3 is 1.97 bits per heavy atom. The summed E-state index contributed by atoms with van der Waals surface area (Å²) in [5.41, 5.74) is 22.0. The van der Waals surface area contributed by atoms with E-state index >= 15 is 0 Å². The summed E-state index contributed by atoms with van der Waals surface area (Å²) in [5, 5.41) is 7.73. The van der Waals surface area contributed by atoms with Crippen LogP contribution < -0.4 is 38.9 Å². The zero-order valence-electron chi connectivity index (χ0n) is 17.4. The van der Waals surface area contributed by atoms with Crippen LogP contribution in [0.3, 0.4) is 0 Å². The number of rotatable bonds is 17. The number of hydrogen-bond acceptors (Lipinski definition) is 8. The van der Waals surface area contributed by atoms with Crippen LogP contribution in [0.25, 0.3) is 0 Å². The first-order chi connectivity index (χ1) is 14.3. The fraction of sp³-hybridized carbons (Fsp3) is 0.778. The zero-order chi connectivity index (χ0) is 22.9. The van der Waals surface area contributed by atoms with Crippen LogP contribution in [0.4, 0.5) is 0 Å². The van der Waals surface area contributed by atoms with Crippen molar-refractivity contribution in [3.63, 3.8) is 0 Å². The van der Waals surface area contributed by atoms with Gasteiger partial charge in [0.05, 0.1) is 6.04 Å². The molecule has 0 aliphatic heterocycles. The van der Waals surface area contributed by atoms with E-state index in [1.54, 1.807) is 0 Å². The Kier molecular flexibility index (Phi) is 15.8. The van der Waals surface area contributed by atoms with E-state index in [0.29, 0.717) is 38.8 Å². The van der Waals surface area contributed by atoms with E-state index in [2.05, 4.69) is 28.6 Å². The van der Waals surface area contributed by atoms with Crippen LogP contribution in [0.15, 0.2) is 0 Å². The molecule has 0 spiro atoms. The largest absolute Gasteiger partial charge is 0.368 e. The first kappa shape index (κ1) is 28.1. The second-order valence-electron chi connectivity index (χ2n) is 6.98. The molecule has 0 bridgehead atoms. The Hall–Kier alpha value is -1.89. The third kappa shape index (κ3) is 12.6. The van der Waals surface area contributed by atoms with Gasteiger partial charge in [-0.15, -0.1) is 0 Å². The average molecular weight is 448 g/mol. The Balaban J connectivity index is 4.61. The summed E-state index contributed by atoms with van der Waals surface area (Å²) in [6.45, 7) is 1.04. The number of hydrogen-bond donors (Lipinski definition) is 8. The molecule has 0 aromatic rings. The molecule has 0 saturated heterocycles. The lowest BCUT2D eigenvalue weighted by molar-refractivity contribution is -0.130. The first-order valence-electron chi connectivity index (χ1n) is 10.2. The molecule has 12 heteroatoms. The van der Waals surface area contributed by atoms with Crippen LogP contribution in [-0.4, -0.2) is 67.1 Å². The quantitative estimate of drug-likeness (QED) is 0.0883. The summed E-state index contributed by atoms with van der Waals surface area (Å²) in [5.74, 6) is -1.88. The van der Waals surface area contributed by atoms with E-state index in [9.17, 15) is 19.2 Å². The highest BCUT2D eigenvalue weighted by Gasteiger charge is 2.23. The van der Waals surface area contributed by atoms with Crippen LogP contribution in [-0.2, 0) is 19.2 Å². The predicted molar refractivity (Wildman–Crippen MR) is 118 cm³/mol. The molecular formula is C18H37N7O4S. The van der Waals surface area contributed by atoms with Gasteiger partial charge in [0.2, 0.25) is 23.6 Å². The van der Waals surface area contributed by atoms with Crippen LogP contribution in [0.1, 0.15) is 44.9 Å². The van der Waals surface area contributed by atoms with Gasteiger partial charge in [-0.3, -0.25) is 19.2 Å². The SMILES string of the molecule is NCCCC[C@H](NC(=O)[C@@H](N)CCCCN)C(=O)NCCC(=O)N[C@@H](CS)C(N)=O. The maximum Gasteiger partial charge on any atom is 0.242 e. The van der Waals surface area contributed by atoms with Crippen molar-refractivity contribution < 1.29 is 19.2 Å². The van der Waals surface area contributed by atoms with Gasteiger partial charge in [0.15, 0.2) is 0 Å². The molecule has 11 nitrogen and oxygen atoms in total. The van der Waals surface area contributed by atoms with Gasteiger partial charge < -0.3 is 38.9 Å². The minimum atomic E-state index is -0.874. The molecule has 0 rings (SSSR count). The predicted octanol–water partition coefficient (Wildman–Crippen LogP) is -2.54. The summed E-state index contributed by atoms with van der Waals surface area (Å²) in [7, 11) is 0. The molecular weight excluding hydrogens is 410 g/mol. The van der Waals surface area contributed by atoms with E-state index in [1.807, 2.05) is 0 Å². The lowest BCUT2D eigenvalue weighted by atomic mass is 10.1. The second kappa shape index (κ2) is 16.9. The fourth-order valence-electron chi connectivity index (χ4n) is 2.58. The third-order valence-corrected chi connectivity index (χ3v) is 4.76. The summed E-state index contributed by atoms with van der Waals surface area (Å²) < 4.78 is 0. The maximum atomic E-state index is 12.5. The van der Waals surface area contributed by atoms with E-state index in [4.69, 9.17) is 22.9 Å². The van der Waals surface area contributed by atoms with Crippen LogP contribution in [0.2, 0.25) is 0 Å². The van der Waals surface area contributed by atoms with Crippen molar-refractivity contribution >= 4 is 36.3 Å². The Morgan fingerprint density at radius 2 is 1.43 bits per heavy atom. The summed E-state index contributed by atoms with van der Waals surface area (Å²) in [4.78, 5) is 47.8. The van der Waals surface area contributed by atoms with Gasteiger partial charge in [0.1, 0.15) is 12.1 Å². The minimum absolute atomic E-state index is 0.0362. The number of nitrogens with two attached hydrogens (primary N) is 4. The van der Waals surface area contributed by atoms with Crippen molar-refractivity contribution in [2.24, 2.45) is 22.9 Å². The van der Waals surface area contributed by atoms with Crippen LogP contribution in [0.5, 0.6) is 0 Å².